The number of benzene rings is 2. The van der Waals surface area contributed by atoms with Gasteiger partial charge in [-0.25, -0.2) is 9.97 Å². The molecule has 8 heteroatoms. The third-order valence-electron chi connectivity index (χ3n) is 8.54. The van der Waals surface area contributed by atoms with E-state index in [1.807, 2.05) is 36.4 Å². The zero-order chi connectivity index (χ0) is 25.9. The molecule has 4 aromatic rings. The number of amides is 2. The van der Waals surface area contributed by atoms with Gasteiger partial charge < -0.3 is 15.6 Å². The number of Topliss-reactive ketones (excluding diaryl/α,β-unsaturated/α-hetero) is 1. The molecule has 4 aliphatic carbocycles. The molecule has 4 bridgehead atoms. The molecule has 38 heavy (non-hydrogen) atoms. The van der Waals surface area contributed by atoms with Crippen molar-refractivity contribution < 1.29 is 14.4 Å². The molecule has 8 rings (SSSR count). The second-order valence-electron chi connectivity index (χ2n) is 11.0. The first-order chi connectivity index (χ1) is 18.5. The lowest BCUT2D eigenvalue weighted by Crippen LogP contribution is -2.55. The molecular formula is C30H27N5O3. The van der Waals surface area contributed by atoms with E-state index >= 15 is 0 Å². The normalized spacial score (nSPS) is 25.5. The molecule has 4 saturated carbocycles. The van der Waals surface area contributed by atoms with Crippen LogP contribution in [-0.4, -0.2) is 32.5 Å². The van der Waals surface area contributed by atoms with E-state index in [1.165, 1.54) is 0 Å². The maximum atomic E-state index is 13.4. The van der Waals surface area contributed by atoms with Crippen LogP contribution in [0.25, 0.3) is 22.4 Å². The molecule has 2 unspecified atom stereocenters. The molecular weight excluding hydrogens is 478 g/mol. The number of nitrogens with zero attached hydrogens (tertiary/aromatic N) is 2. The van der Waals surface area contributed by atoms with E-state index in [1.54, 1.807) is 30.5 Å². The van der Waals surface area contributed by atoms with Crippen molar-refractivity contribution in [3.05, 3.63) is 72.4 Å². The molecule has 2 atom stereocenters. The summed E-state index contributed by atoms with van der Waals surface area (Å²) in [4.78, 5) is 50.6. The Morgan fingerprint density at radius 3 is 2.45 bits per heavy atom. The Hall–Kier alpha value is -4.33. The van der Waals surface area contributed by atoms with Gasteiger partial charge in [-0.05, 0) is 92.6 Å². The number of hydrogen-bond acceptors (Lipinski definition) is 5. The molecule has 4 fully saturated rings. The molecule has 2 amide bonds. The molecule has 2 aromatic carbocycles. The van der Waals surface area contributed by atoms with Gasteiger partial charge in [0.1, 0.15) is 17.4 Å². The SMILES string of the molecule is O=C(Nc1ccccn1)c1ccc2nc(-c3ccc(NC(=O)C45CC6CC(C4)C(=O)C(C6)C5)cc3)[nH]c2c1. The number of imidazole rings is 1. The second-order valence-corrected chi connectivity index (χ2v) is 11.0. The molecule has 2 heterocycles. The molecule has 3 N–H and O–H groups in total. The summed E-state index contributed by atoms with van der Waals surface area (Å²) in [5, 5.41) is 5.92. The lowest BCUT2D eigenvalue weighted by Gasteiger charge is -2.54. The van der Waals surface area contributed by atoms with Crippen molar-refractivity contribution in [3.63, 3.8) is 0 Å². The van der Waals surface area contributed by atoms with Crippen LogP contribution in [0.15, 0.2) is 66.9 Å². The number of aromatic amines is 1. The highest BCUT2D eigenvalue weighted by atomic mass is 16.2. The van der Waals surface area contributed by atoms with Crippen LogP contribution in [0.1, 0.15) is 42.5 Å². The van der Waals surface area contributed by atoms with Crippen molar-refractivity contribution in [1.82, 2.24) is 15.0 Å². The first kappa shape index (κ1) is 22.8. The molecule has 0 saturated heterocycles. The first-order valence-corrected chi connectivity index (χ1v) is 13.1. The lowest BCUT2D eigenvalue weighted by atomic mass is 9.49. The van der Waals surface area contributed by atoms with Crippen molar-refractivity contribution in [2.75, 3.05) is 10.6 Å². The van der Waals surface area contributed by atoms with Gasteiger partial charge in [0.25, 0.3) is 5.91 Å². The van der Waals surface area contributed by atoms with E-state index in [9.17, 15) is 14.4 Å². The van der Waals surface area contributed by atoms with Crippen LogP contribution in [0.4, 0.5) is 11.5 Å². The fourth-order valence-electron chi connectivity index (χ4n) is 6.91. The van der Waals surface area contributed by atoms with Gasteiger partial charge >= 0.3 is 0 Å². The van der Waals surface area contributed by atoms with Crippen molar-refractivity contribution in [3.8, 4) is 11.4 Å². The topological polar surface area (TPSA) is 117 Å². The molecule has 0 spiro atoms. The van der Waals surface area contributed by atoms with Gasteiger partial charge in [0.2, 0.25) is 5.91 Å². The summed E-state index contributed by atoms with van der Waals surface area (Å²) < 4.78 is 0. The van der Waals surface area contributed by atoms with Crippen molar-refractivity contribution in [2.45, 2.75) is 32.1 Å². The molecule has 4 aliphatic rings. The fraction of sp³-hybridized carbons (Fsp3) is 0.300. The van der Waals surface area contributed by atoms with E-state index in [2.05, 4.69) is 25.6 Å². The maximum absolute atomic E-state index is 13.4. The molecule has 0 aliphatic heterocycles. The Morgan fingerprint density at radius 1 is 0.921 bits per heavy atom. The average Bonchev–Trinajstić information content (AvgIpc) is 3.36. The predicted octanol–water partition coefficient (Wildman–Crippen LogP) is 5.21. The number of fused-ring (bicyclic) bond motifs is 1. The number of rotatable bonds is 5. The van der Waals surface area contributed by atoms with Gasteiger partial charge in [0.05, 0.1) is 16.4 Å². The number of hydrogen-bond donors (Lipinski definition) is 3. The van der Waals surface area contributed by atoms with E-state index in [0.717, 1.165) is 41.5 Å². The van der Waals surface area contributed by atoms with Crippen LogP contribution in [0, 0.1) is 23.2 Å². The van der Waals surface area contributed by atoms with E-state index in [0.29, 0.717) is 41.7 Å². The van der Waals surface area contributed by atoms with Crippen molar-refractivity contribution in [1.29, 1.82) is 0 Å². The summed E-state index contributed by atoms with van der Waals surface area (Å²) in [7, 11) is 0. The van der Waals surface area contributed by atoms with Crippen LogP contribution < -0.4 is 10.6 Å². The van der Waals surface area contributed by atoms with Crippen LogP contribution in [-0.2, 0) is 9.59 Å². The lowest BCUT2D eigenvalue weighted by molar-refractivity contribution is -0.154. The Kier molecular flexibility index (Phi) is 5.18. The minimum absolute atomic E-state index is 0.0531. The first-order valence-electron chi connectivity index (χ1n) is 13.1. The van der Waals surface area contributed by atoms with Crippen LogP contribution in [0.3, 0.4) is 0 Å². The Bertz CT molecular complexity index is 1560. The summed E-state index contributed by atoms with van der Waals surface area (Å²) in [5.74, 6) is 2.02. The van der Waals surface area contributed by atoms with Crippen LogP contribution in [0.5, 0.6) is 0 Å². The third-order valence-corrected chi connectivity index (χ3v) is 8.54. The van der Waals surface area contributed by atoms with Crippen molar-refractivity contribution >= 4 is 40.1 Å². The number of aromatic nitrogens is 3. The number of pyridine rings is 1. The van der Waals surface area contributed by atoms with Gasteiger partial charge in [0, 0.05) is 34.8 Å². The molecule has 190 valence electrons. The minimum atomic E-state index is -0.400. The molecule has 0 radical (unpaired) electrons. The number of ketones is 1. The van der Waals surface area contributed by atoms with Gasteiger partial charge in [-0.3, -0.25) is 14.4 Å². The van der Waals surface area contributed by atoms with Gasteiger partial charge in [-0.1, -0.05) is 6.07 Å². The quantitative estimate of drug-likeness (QED) is 0.344. The smallest absolute Gasteiger partial charge is 0.256 e. The Balaban J connectivity index is 1.06. The number of H-pyrrole nitrogens is 1. The van der Waals surface area contributed by atoms with E-state index in [-0.39, 0.29) is 23.7 Å². The van der Waals surface area contributed by atoms with Crippen LogP contribution >= 0.6 is 0 Å². The zero-order valence-electron chi connectivity index (χ0n) is 20.7. The number of carbonyl (C=O) groups excluding carboxylic acids is 3. The standard InChI is InChI=1S/C30H27N5O3/c36-26-20-11-17-12-21(26)16-30(14-17,15-20)29(38)32-22-7-4-18(5-8-22)27-33-23-9-6-19(13-24(23)34-27)28(37)35-25-3-1-2-10-31-25/h1-10,13,17,20-21H,11-12,14-16H2,(H,32,38)(H,33,34)(H,31,35,37). The highest BCUT2D eigenvalue weighted by Crippen LogP contribution is 2.58. The number of nitrogens with one attached hydrogen (secondary N) is 3. The monoisotopic (exact) mass is 505 g/mol. The van der Waals surface area contributed by atoms with Crippen molar-refractivity contribution in [2.24, 2.45) is 23.2 Å². The van der Waals surface area contributed by atoms with E-state index < -0.39 is 5.41 Å². The minimum Gasteiger partial charge on any atom is -0.338 e. The fourth-order valence-corrected chi connectivity index (χ4v) is 6.91. The summed E-state index contributed by atoms with van der Waals surface area (Å²) >= 11 is 0. The van der Waals surface area contributed by atoms with Gasteiger partial charge in [-0.15, -0.1) is 0 Å². The Labute approximate surface area is 219 Å². The second kappa shape index (κ2) is 8.62. The van der Waals surface area contributed by atoms with Crippen LogP contribution in [0.2, 0.25) is 0 Å². The van der Waals surface area contributed by atoms with Gasteiger partial charge in [0.15, 0.2) is 0 Å². The maximum Gasteiger partial charge on any atom is 0.256 e. The predicted molar refractivity (Wildman–Crippen MR) is 143 cm³/mol. The summed E-state index contributed by atoms with van der Waals surface area (Å²) in [6, 6.07) is 18.3. The summed E-state index contributed by atoms with van der Waals surface area (Å²) in [6.45, 7) is 0. The number of carbonyl (C=O) groups is 3. The highest BCUT2D eigenvalue weighted by Gasteiger charge is 2.58. The van der Waals surface area contributed by atoms with E-state index in [4.69, 9.17) is 0 Å². The molecule has 8 nitrogen and oxygen atoms in total. The highest BCUT2D eigenvalue weighted by molar-refractivity contribution is 6.05. The average molecular weight is 506 g/mol. The number of anilines is 2. The molecule has 2 aromatic heterocycles. The summed E-state index contributed by atoms with van der Waals surface area (Å²) in [5.41, 5.74) is 3.22. The zero-order valence-corrected chi connectivity index (χ0v) is 20.7. The largest absolute Gasteiger partial charge is 0.338 e. The third kappa shape index (κ3) is 3.88. The van der Waals surface area contributed by atoms with Gasteiger partial charge in [-0.2, -0.15) is 0 Å². The summed E-state index contributed by atoms with van der Waals surface area (Å²) in [6.07, 6.45) is 5.85. The Morgan fingerprint density at radius 2 is 1.71 bits per heavy atom.